The Labute approximate surface area is 132 Å². The lowest BCUT2D eigenvalue weighted by molar-refractivity contribution is 0.0818. The maximum absolute atomic E-state index is 12.2. The van der Waals surface area contributed by atoms with Crippen molar-refractivity contribution in [3.63, 3.8) is 0 Å². The van der Waals surface area contributed by atoms with Crippen LogP contribution in [0.5, 0.6) is 5.75 Å². The Morgan fingerprint density at radius 2 is 1.86 bits per heavy atom. The molecule has 0 N–H and O–H groups in total. The lowest BCUT2D eigenvalue weighted by atomic mass is 10.1. The molecule has 2 aromatic rings. The lowest BCUT2D eigenvalue weighted by Gasteiger charge is -2.14. The molecular formula is C16H11Cl2NO2. The van der Waals surface area contributed by atoms with Gasteiger partial charge in [-0.2, -0.15) is 5.26 Å². The molecule has 0 fully saturated rings. The van der Waals surface area contributed by atoms with Gasteiger partial charge < -0.3 is 4.74 Å². The van der Waals surface area contributed by atoms with E-state index in [4.69, 9.17) is 33.2 Å². The van der Waals surface area contributed by atoms with Crippen LogP contribution in [0.15, 0.2) is 42.5 Å². The first-order valence-electron chi connectivity index (χ1n) is 6.17. The van der Waals surface area contributed by atoms with Crippen LogP contribution in [0.4, 0.5) is 0 Å². The van der Waals surface area contributed by atoms with E-state index in [9.17, 15) is 4.79 Å². The van der Waals surface area contributed by atoms with Crippen LogP contribution < -0.4 is 4.74 Å². The second-order valence-electron chi connectivity index (χ2n) is 4.38. The van der Waals surface area contributed by atoms with Gasteiger partial charge in [0.25, 0.3) is 0 Å². The Bertz CT molecular complexity index is 705. The van der Waals surface area contributed by atoms with Gasteiger partial charge in [0.2, 0.25) is 5.78 Å². The summed E-state index contributed by atoms with van der Waals surface area (Å²) >= 11 is 11.7. The van der Waals surface area contributed by atoms with Crippen LogP contribution in [0.3, 0.4) is 0 Å². The molecule has 0 radical (unpaired) electrons. The highest BCUT2D eigenvalue weighted by Gasteiger charge is 2.17. The van der Waals surface area contributed by atoms with Gasteiger partial charge in [-0.25, -0.2) is 0 Å². The number of benzene rings is 2. The molecule has 0 saturated heterocycles. The number of hydrogen-bond acceptors (Lipinski definition) is 3. The van der Waals surface area contributed by atoms with Crippen molar-refractivity contribution in [1.29, 1.82) is 5.26 Å². The Morgan fingerprint density at radius 3 is 2.43 bits per heavy atom. The van der Waals surface area contributed by atoms with E-state index in [1.165, 1.54) is 6.07 Å². The molecule has 1 atom stereocenters. The Kier molecular flexibility index (Phi) is 4.85. The molecule has 5 heteroatoms. The predicted octanol–water partition coefficient (Wildman–Crippen LogP) is 4.52. The fourth-order valence-electron chi connectivity index (χ4n) is 1.77. The maximum atomic E-state index is 12.2. The number of carbonyl (C=O) groups is 1. The summed E-state index contributed by atoms with van der Waals surface area (Å²) in [4.78, 5) is 12.2. The summed E-state index contributed by atoms with van der Waals surface area (Å²) in [5.74, 6) is 0.279. The largest absolute Gasteiger partial charge is 0.483 e. The highest BCUT2D eigenvalue weighted by Crippen LogP contribution is 2.23. The minimum Gasteiger partial charge on any atom is -0.483 e. The van der Waals surface area contributed by atoms with Gasteiger partial charge in [-0.1, -0.05) is 23.2 Å². The summed E-state index contributed by atoms with van der Waals surface area (Å²) < 4.78 is 5.56. The van der Waals surface area contributed by atoms with E-state index < -0.39 is 6.10 Å². The van der Waals surface area contributed by atoms with Gasteiger partial charge in [0.1, 0.15) is 11.8 Å². The first-order chi connectivity index (χ1) is 10.0. The smallest absolute Gasteiger partial charge is 0.202 e. The minimum atomic E-state index is -0.671. The van der Waals surface area contributed by atoms with E-state index in [2.05, 4.69) is 0 Å². The van der Waals surface area contributed by atoms with Crippen molar-refractivity contribution in [2.75, 3.05) is 0 Å². The van der Waals surface area contributed by atoms with Gasteiger partial charge in [0.05, 0.1) is 10.6 Å². The molecule has 1 unspecified atom stereocenters. The van der Waals surface area contributed by atoms with Crippen LogP contribution in [0, 0.1) is 11.3 Å². The molecular weight excluding hydrogens is 309 g/mol. The summed E-state index contributed by atoms with van der Waals surface area (Å²) in [6.45, 7) is 1.66. The molecule has 106 valence electrons. The van der Waals surface area contributed by atoms with Gasteiger partial charge >= 0.3 is 0 Å². The van der Waals surface area contributed by atoms with E-state index in [0.717, 1.165) is 0 Å². The normalized spacial score (nSPS) is 11.5. The summed E-state index contributed by atoms with van der Waals surface area (Å²) in [6, 6.07) is 13.2. The summed E-state index contributed by atoms with van der Waals surface area (Å²) in [5.41, 5.74) is 0.882. The van der Waals surface area contributed by atoms with E-state index in [0.29, 0.717) is 26.9 Å². The number of Topliss-reactive ketones (excluding diaryl/α,β-unsaturated/α-hetero) is 1. The van der Waals surface area contributed by atoms with Gasteiger partial charge in [0, 0.05) is 16.7 Å². The van der Waals surface area contributed by atoms with Crippen molar-refractivity contribution in [1.82, 2.24) is 0 Å². The highest BCUT2D eigenvalue weighted by molar-refractivity contribution is 6.31. The van der Waals surface area contributed by atoms with Crippen molar-refractivity contribution >= 4 is 29.0 Å². The number of ketones is 1. The summed E-state index contributed by atoms with van der Waals surface area (Å²) in [5, 5.41) is 9.67. The molecule has 0 aliphatic rings. The Balaban J connectivity index is 2.12. The van der Waals surface area contributed by atoms with Gasteiger partial charge in [-0.05, 0) is 43.3 Å². The fraction of sp³-hybridized carbons (Fsp3) is 0.125. The summed E-state index contributed by atoms with van der Waals surface area (Å²) in [7, 11) is 0. The maximum Gasteiger partial charge on any atom is 0.202 e. The van der Waals surface area contributed by atoms with Crippen LogP contribution in [0.1, 0.15) is 22.8 Å². The average molecular weight is 320 g/mol. The summed E-state index contributed by atoms with van der Waals surface area (Å²) in [6.07, 6.45) is -0.671. The first-order valence-corrected chi connectivity index (χ1v) is 6.93. The molecule has 0 aliphatic heterocycles. The standard InChI is InChI=1S/C16H11Cl2NO2/c1-10(16(20)11-2-5-13(17)6-3-11)21-14-7-4-12(9-19)15(18)8-14/h2-8,10H,1H3. The second-order valence-corrected chi connectivity index (χ2v) is 5.23. The molecule has 2 aromatic carbocycles. The molecule has 0 amide bonds. The number of halogens is 2. The monoisotopic (exact) mass is 319 g/mol. The van der Waals surface area contributed by atoms with Crippen LogP contribution in [-0.2, 0) is 0 Å². The van der Waals surface area contributed by atoms with E-state index >= 15 is 0 Å². The molecule has 0 aromatic heterocycles. The molecule has 0 aliphatic carbocycles. The molecule has 0 bridgehead atoms. The molecule has 2 rings (SSSR count). The predicted molar refractivity (Wildman–Crippen MR) is 82.0 cm³/mol. The second kappa shape index (κ2) is 6.62. The SMILES string of the molecule is CC(Oc1ccc(C#N)c(Cl)c1)C(=O)c1ccc(Cl)cc1. The number of ether oxygens (including phenoxy) is 1. The molecule has 21 heavy (non-hydrogen) atoms. The highest BCUT2D eigenvalue weighted by atomic mass is 35.5. The van der Waals surface area contributed by atoms with Crippen LogP contribution in [0.25, 0.3) is 0 Å². The van der Waals surface area contributed by atoms with Crippen molar-refractivity contribution in [2.24, 2.45) is 0 Å². The Hall–Kier alpha value is -2.02. The quantitative estimate of drug-likeness (QED) is 0.779. The zero-order valence-corrected chi connectivity index (χ0v) is 12.7. The fourth-order valence-corrected chi connectivity index (χ4v) is 2.11. The number of rotatable bonds is 4. The number of carbonyl (C=O) groups excluding carboxylic acids is 1. The van der Waals surface area contributed by atoms with Crippen molar-refractivity contribution < 1.29 is 9.53 Å². The number of nitrogens with zero attached hydrogens (tertiary/aromatic N) is 1. The van der Waals surface area contributed by atoms with Crippen LogP contribution in [0.2, 0.25) is 10.0 Å². The first kappa shape index (κ1) is 15.4. The average Bonchev–Trinajstić information content (AvgIpc) is 2.47. The van der Waals surface area contributed by atoms with Crippen LogP contribution >= 0.6 is 23.2 Å². The lowest BCUT2D eigenvalue weighted by Crippen LogP contribution is -2.23. The van der Waals surface area contributed by atoms with Crippen molar-refractivity contribution in [3.8, 4) is 11.8 Å². The zero-order chi connectivity index (χ0) is 15.4. The number of nitriles is 1. The van der Waals surface area contributed by atoms with E-state index in [-0.39, 0.29) is 5.78 Å². The molecule has 0 saturated carbocycles. The van der Waals surface area contributed by atoms with Gasteiger partial charge in [-0.3, -0.25) is 4.79 Å². The third-order valence-electron chi connectivity index (χ3n) is 2.87. The van der Waals surface area contributed by atoms with Crippen LogP contribution in [-0.4, -0.2) is 11.9 Å². The van der Waals surface area contributed by atoms with E-state index in [1.54, 1.807) is 43.3 Å². The Morgan fingerprint density at radius 1 is 1.19 bits per heavy atom. The van der Waals surface area contributed by atoms with Gasteiger partial charge in [-0.15, -0.1) is 0 Å². The van der Waals surface area contributed by atoms with Crippen molar-refractivity contribution in [2.45, 2.75) is 13.0 Å². The van der Waals surface area contributed by atoms with Crippen molar-refractivity contribution in [3.05, 3.63) is 63.6 Å². The molecule has 3 nitrogen and oxygen atoms in total. The topological polar surface area (TPSA) is 50.1 Å². The molecule has 0 heterocycles. The van der Waals surface area contributed by atoms with Gasteiger partial charge in [0.15, 0.2) is 6.10 Å². The van der Waals surface area contributed by atoms with E-state index in [1.807, 2.05) is 6.07 Å². The molecule has 0 spiro atoms. The third-order valence-corrected chi connectivity index (χ3v) is 3.44. The third kappa shape index (κ3) is 3.75. The zero-order valence-electron chi connectivity index (χ0n) is 11.1. The minimum absolute atomic E-state index is 0.160. The number of hydrogen-bond donors (Lipinski definition) is 0.